The van der Waals surface area contributed by atoms with E-state index in [-0.39, 0.29) is 22.3 Å². The van der Waals surface area contributed by atoms with Gasteiger partial charge in [0.15, 0.2) is 15.7 Å². The van der Waals surface area contributed by atoms with Crippen molar-refractivity contribution in [3.8, 4) is 22.5 Å². The number of rotatable bonds is 9. The molecule has 8 nitrogen and oxygen atoms in total. The van der Waals surface area contributed by atoms with Crippen LogP contribution < -0.4 is 5.32 Å². The molecular formula is C33H35N3O5S. The molecule has 0 radical (unpaired) electrons. The third kappa shape index (κ3) is 7.09. The molecule has 0 bridgehead atoms. The number of carboxylic acids is 1. The number of sulfone groups is 1. The highest BCUT2D eigenvalue weighted by molar-refractivity contribution is 7.92. The van der Waals surface area contributed by atoms with E-state index in [4.69, 9.17) is 0 Å². The predicted molar refractivity (Wildman–Crippen MR) is 163 cm³/mol. The zero-order valence-corrected chi connectivity index (χ0v) is 25.1. The summed E-state index contributed by atoms with van der Waals surface area (Å²) in [5.41, 5.74) is 4.93. The Morgan fingerprint density at radius 3 is 1.86 bits per heavy atom. The number of hydrogen-bond donors (Lipinski definition) is 2. The van der Waals surface area contributed by atoms with Crippen LogP contribution in [-0.2, 0) is 26.5 Å². The normalized spacial score (nSPS) is 12.6. The van der Waals surface area contributed by atoms with Crippen molar-refractivity contribution in [1.29, 1.82) is 0 Å². The highest BCUT2D eigenvalue weighted by Gasteiger charge is 2.23. The maximum atomic E-state index is 12.7. The largest absolute Gasteiger partial charge is 0.480 e. The van der Waals surface area contributed by atoms with E-state index < -0.39 is 33.0 Å². The van der Waals surface area contributed by atoms with Gasteiger partial charge >= 0.3 is 5.97 Å². The summed E-state index contributed by atoms with van der Waals surface area (Å²) in [6, 6.07) is 19.9. The summed E-state index contributed by atoms with van der Waals surface area (Å²) in [5.74, 6) is -1.24. The standard InChI is InChI=1S/C33H35N3O5S/c1-21(2)42(40,41)28-16-12-25(13-17-28)31(37)36-29(32(38)39)18-22-6-8-24(9-7-22)30-34-19-26(20-35-30)23-10-14-27(15-11-23)33(3,4)5/h6-17,19-21,29H,18H2,1-5H3,(H,36,37)(H,38,39)/t29-/m0/s1. The zero-order chi connectivity index (χ0) is 30.7. The van der Waals surface area contributed by atoms with Gasteiger partial charge in [-0.05, 0) is 60.2 Å². The van der Waals surface area contributed by atoms with Gasteiger partial charge in [0.2, 0.25) is 0 Å². The van der Waals surface area contributed by atoms with Crippen molar-refractivity contribution >= 4 is 21.7 Å². The SMILES string of the molecule is CC(C)S(=O)(=O)c1ccc(C(=O)N[C@@H](Cc2ccc(-c3ncc(-c4ccc(C(C)(C)C)cc4)cn3)cc2)C(=O)O)cc1. The molecule has 42 heavy (non-hydrogen) atoms. The topological polar surface area (TPSA) is 126 Å². The third-order valence-electron chi connectivity index (χ3n) is 7.06. The summed E-state index contributed by atoms with van der Waals surface area (Å²) in [7, 11) is -3.48. The molecular weight excluding hydrogens is 550 g/mol. The summed E-state index contributed by atoms with van der Waals surface area (Å²) in [4.78, 5) is 33.8. The Labute approximate surface area is 246 Å². The van der Waals surface area contributed by atoms with Crippen LogP contribution >= 0.6 is 0 Å². The highest BCUT2D eigenvalue weighted by atomic mass is 32.2. The first-order valence-corrected chi connectivity index (χ1v) is 15.2. The van der Waals surface area contributed by atoms with Gasteiger partial charge < -0.3 is 10.4 Å². The van der Waals surface area contributed by atoms with Gasteiger partial charge in [-0.3, -0.25) is 4.79 Å². The van der Waals surface area contributed by atoms with Gasteiger partial charge in [0.25, 0.3) is 5.91 Å². The van der Waals surface area contributed by atoms with E-state index >= 15 is 0 Å². The number of hydrogen-bond acceptors (Lipinski definition) is 6. The number of carboxylic acid groups (broad SMARTS) is 1. The van der Waals surface area contributed by atoms with E-state index in [2.05, 4.69) is 60.3 Å². The minimum Gasteiger partial charge on any atom is -0.480 e. The van der Waals surface area contributed by atoms with Gasteiger partial charge in [0.1, 0.15) is 6.04 Å². The van der Waals surface area contributed by atoms with Crippen molar-refractivity contribution in [1.82, 2.24) is 15.3 Å². The molecule has 4 aromatic rings. The number of amides is 1. The molecule has 0 spiro atoms. The van der Waals surface area contributed by atoms with E-state index in [1.54, 1.807) is 38.4 Å². The number of aromatic nitrogens is 2. The molecule has 1 aromatic heterocycles. The van der Waals surface area contributed by atoms with Crippen molar-refractivity contribution in [2.45, 2.75) is 62.6 Å². The Morgan fingerprint density at radius 2 is 1.36 bits per heavy atom. The molecule has 0 unspecified atom stereocenters. The predicted octanol–water partition coefficient (Wildman–Crippen LogP) is 5.72. The average Bonchev–Trinajstić information content (AvgIpc) is 2.97. The molecule has 9 heteroatoms. The van der Waals surface area contributed by atoms with Crippen LogP contribution in [0.4, 0.5) is 0 Å². The number of aliphatic carboxylic acids is 1. The van der Waals surface area contributed by atoms with Gasteiger partial charge in [-0.25, -0.2) is 23.2 Å². The number of nitrogens with one attached hydrogen (secondary N) is 1. The number of carbonyl (C=O) groups is 2. The van der Waals surface area contributed by atoms with Crippen LogP contribution in [0.1, 0.15) is 56.1 Å². The molecule has 0 fully saturated rings. The number of carbonyl (C=O) groups excluding carboxylic acids is 1. The molecule has 2 N–H and O–H groups in total. The lowest BCUT2D eigenvalue weighted by molar-refractivity contribution is -0.139. The summed E-state index contributed by atoms with van der Waals surface area (Å²) < 4.78 is 24.6. The Bertz CT molecular complexity index is 1660. The van der Waals surface area contributed by atoms with Crippen molar-refractivity contribution in [2.75, 3.05) is 0 Å². The van der Waals surface area contributed by atoms with Crippen molar-refractivity contribution < 1.29 is 23.1 Å². The van der Waals surface area contributed by atoms with Gasteiger partial charge in [0, 0.05) is 35.5 Å². The van der Waals surface area contributed by atoms with Crippen molar-refractivity contribution in [2.24, 2.45) is 0 Å². The first-order valence-electron chi connectivity index (χ1n) is 13.7. The van der Waals surface area contributed by atoms with Crippen LogP contribution in [0.3, 0.4) is 0 Å². The highest BCUT2D eigenvalue weighted by Crippen LogP contribution is 2.26. The smallest absolute Gasteiger partial charge is 0.326 e. The van der Waals surface area contributed by atoms with E-state index in [1.807, 2.05) is 12.1 Å². The molecule has 0 aliphatic carbocycles. The average molecular weight is 586 g/mol. The van der Waals surface area contributed by atoms with Gasteiger partial charge in [-0.15, -0.1) is 0 Å². The fourth-order valence-corrected chi connectivity index (χ4v) is 5.38. The quantitative estimate of drug-likeness (QED) is 0.257. The Kier molecular flexibility index (Phi) is 8.92. The molecule has 1 atom stereocenters. The fraction of sp³-hybridized carbons (Fsp3) is 0.273. The van der Waals surface area contributed by atoms with Crippen LogP contribution in [0.15, 0.2) is 90.1 Å². The number of benzene rings is 3. The first-order chi connectivity index (χ1) is 19.8. The van der Waals surface area contributed by atoms with E-state index in [0.29, 0.717) is 11.4 Å². The minimum absolute atomic E-state index is 0.0610. The van der Waals surface area contributed by atoms with Crippen LogP contribution in [0, 0.1) is 0 Å². The summed E-state index contributed by atoms with van der Waals surface area (Å²) in [5, 5.41) is 11.7. The molecule has 1 amide bonds. The molecule has 0 saturated heterocycles. The second-order valence-electron chi connectivity index (χ2n) is 11.5. The molecule has 0 aliphatic heterocycles. The molecule has 3 aromatic carbocycles. The monoisotopic (exact) mass is 585 g/mol. The Morgan fingerprint density at radius 1 is 0.810 bits per heavy atom. The van der Waals surface area contributed by atoms with Crippen LogP contribution in [0.2, 0.25) is 0 Å². The minimum atomic E-state index is -3.48. The summed E-state index contributed by atoms with van der Waals surface area (Å²) in [6.45, 7) is 9.68. The van der Waals surface area contributed by atoms with Crippen LogP contribution in [0.25, 0.3) is 22.5 Å². The van der Waals surface area contributed by atoms with Gasteiger partial charge in [0.05, 0.1) is 10.1 Å². The molecule has 218 valence electrons. The van der Waals surface area contributed by atoms with E-state index in [9.17, 15) is 23.1 Å². The van der Waals surface area contributed by atoms with Crippen LogP contribution in [0.5, 0.6) is 0 Å². The second-order valence-corrected chi connectivity index (χ2v) is 14.0. The lowest BCUT2D eigenvalue weighted by Crippen LogP contribution is -2.42. The van der Waals surface area contributed by atoms with Crippen molar-refractivity contribution in [3.05, 3.63) is 102 Å². The van der Waals surface area contributed by atoms with E-state index in [0.717, 1.165) is 16.7 Å². The van der Waals surface area contributed by atoms with Gasteiger partial charge in [-0.2, -0.15) is 0 Å². The first kappa shape index (κ1) is 30.6. The zero-order valence-electron chi connectivity index (χ0n) is 24.3. The lowest BCUT2D eigenvalue weighted by atomic mass is 9.86. The Balaban J connectivity index is 1.41. The van der Waals surface area contributed by atoms with Gasteiger partial charge in [-0.1, -0.05) is 69.3 Å². The second kappa shape index (κ2) is 12.2. The number of nitrogens with zero attached hydrogens (tertiary/aromatic N) is 2. The lowest BCUT2D eigenvalue weighted by Gasteiger charge is -2.19. The van der Waals surface area contributed by atoms with Crippen molar-refractivity contribution in [3.63, 3.8) is 0 Å². The van der Waals surface area contributed by atoms with E-state index in [1.165, 1.54) is 29.8 Å². The fourth-order valence-electron chi connectivity index (χ4n) is 4.32. The maximum Gasteiger partial charge on any atom is 0.326 e. The maximum absolute atomic E-state index is 12.7. The molecule has 4 rings (SSSR count). The summed E-state index contributed by atoms with van der Waals surface area (Å²) >= 11 is 0. The molecule has 1 heterocycles. The van der Waals surface area contributed by atoms with Crippen LogP contribution in [-0.4, -0.2) is 46.7 Å². The summed E-state index contributed by atoms with van der Waals surface area (Å²) in [6.07, 6.45) is 3.62. The third-order valence-corrected chi connectivity index (χ3v) is 9.23. The molecule has 0 saturated carbocycles. The Hall–Kier alpha value is -4.37. The molecule has 0 aliphatic rings.